The monoisotopic (exact) mass is 412 g/mol. The molecule has 0 fully saturated rings. The molecule has 2 aromatic rings. The van der Waals surface area contributed by atoms with Gasteiger partial charge in [0.15, 0.2) is 0 Å². The van der Waals surface area contributed by atoms with Crippen molar-refractivity contribution >= 4 is 33.9 Å². The Morgan fingerprint density at radius 3 is 2.76 bits per heavy atom. The van der Waals surface area contributed by atoms with Gasteiger partial charge in [-0.15, -0.1) is 11.3 Å². The first-order valence-electron chi connectivity index (χ1n) is 10.5. The molecule has 0 radical (unpaired) electrons. The summed E-state index contributed by atoms with van der Waals surface area (Å²) in [5, 5.41) is 3.69. The molecule has 6 heteroatoms. The van der Waals surface area contributed by atoms with Crippen LogP contribution in [-0.2, 0) is 28.8 Å². The van der Waals surface area contributed by atoms with Crippen molar-refractivity contribution in [2.45, 2.75) is 58.5 Å². The standard InChI is InChI=1S/C23H28N2O3S/c1-15(2)28-23(27)21-17-10-4-6-12-19(17)29-22(21)24-20(26)14-25-13-7-9-16-8-3-5-11-18(16)25/h3,5,8,11,15H,4,6-7,9-10,12-14H2,1-2H3,(H,24,26). The molecular weight excluding hydrogens is 384 g/mol. The van der Waals surface area contributed by atoms with Gasteiger partial charge in [-0.1, -0.05) is 18.2 Å². The number of carbonyl (C=O) groups excluding carboxylic acids is 2. The van der Waals surface area contributed by atoms with Crippen molar-refractivity contribution in [1.82, 2.24) is 0 Å². The predicted molar refractivity (Wildman–Crippen MR) is 117 cm³/mol. The molecule has 1 aromatic carbocycles. The first-order chi connectivity index (χ1) is 14.0. The van der Waals surface area contributed by atoms with Gasteiger partial charge in [0.05, 0.1) is 18.2 Å². The molecule has 1 N–H and O–H groups in total. The van der Waals surface area contributed by atoms with E-state index in [-0.39, 0.29) is 24.5 Å². The lowest BCUT2D eigenvalue weighted by Gasteiger charge is -2.30. The van der Waals surface area contributed by atoms with Gasteiger partial charge in [0, 0.05) is 17.1 Å². The van der Waals surface area contributed by atoms with Crippen LogP contribution in [0.25, 0.3) is 0 Å². The Labute approximate surface area is 176 Å². The smallest absolute Gasteiger partial charge is 0.341 e. The van der Waals surface area contributed by atoms with Crippen molar-refractivity contribution < 1.29 is 14.3 Å². The van der Waals surface area contributed by atoms with E-state index >= 15 is 0 Å². The molecule has 1 amide bonds. The molecule has 1 aliphatic carbocycles. The number of amides is 1. The number of rotatable bonds is 5. The van der Waals surface area contributed by atoms with E-state index in [4.69, 9.17) is 4.74 Å². The Morgan fingerprint density at radius 1 is 1.14 bits per heavy atom. The topological polar surface area (TPSA) is 58.6 Å². The van der Waals surface area contributed by atoms with Gasteiger partial charge >= 0.3 is 5.97 Å². The number of benzene rings is 1. The van der Waals surface area contributed by atoms with E-state index in [9.17, 15) is 9.59 Å². The fourth-order valence-corrected chi connectivity index (χ4v) is 5.55. The number of aryl methyl sites for hydroxylation is 2. The van der Waals surface area contributed by atoms with Crippen LogP contribution < -0.4 is 10.2 Å². The number of ether oxygens (including phenoxy) is 1. The highest BCUT2D eigenvalue weighted by Gasteiger charge is 2.28. The van der Waals surface area contributed by atoms with E-state index in [1.54, 1.807) is 11.3 Å². The second-order valence-corrected chi connectivity index (χ2v) is 9.18. The molecular formula is C23H28N2O3S. The molecule has 0 bridgehead atoms. The van der Waals surface area contributed by atoms with E-state index in [0.29, 0.717) is 10.6 Å². The molecule has 1 aliphatic heterocycles. The van der Waals surface area contributed by atoms with Gasteiger partial charge in [-0.25, -0.2) is 4.79 Å². The lowest BCUT2D eigenvalue weighted by atomic mass is 9.95. The summed E-state index contributed by atoms with van der Waals surface area (Å²) in [7, 11) is 0. The van der Waals surface area contributed by atoms with Crippen LogP contribution in [0.2, 0.25) is 0 Å². The number of hydrogen-bond donors (Lipinski definition) is 1. The van der Waals surface area contributed by atoms with Crippen molar-refractivity contribution in [1.29, 1.82) is 0 Å². The maximum atomic E-state index is 12.9. The Hall–Kier alpha value is -2.34. The molecule has 1 aromatic heterocycles. The molecule has 0 atom stereocenters. The van der Waals surface area contributed by atoms with Gasteiger partial charge in [0.25, 0.3) is 0 Å². The van der Waals surface area contributed by atoms with Crippen LogP contribution in [0.5, 0.6) is 0 Å². The summed E-state index contributed by atoms with van der Waals surface area (Å²) < 4.78 is 5.49. The third-order valence-electron chi connectivity index (χ3n) is 5.51. The van der Waals surface area contributed by atoms with Crippen LogP contribution in [0.15, 0.2) is 24.3 Å². The van der Waals surface area contributed by atoms with Gasteiger partial charge in [-0.05, 0) is 69.6 Å². The third kappa shape index (κ3) is 4.32. The van der Waals surface area contributed by atoms with Crippen LogP contribution in [0.3, 0.4) is 0 Å². The average Bonchev–Trinajstić information content (AvgIpc) is 3.05. The minimum absolute atomic E-state index is 0.0844. The van der Waals surface area contributed by atoms with Crippen LogP contribution >= 0.6 is 11.3 Å². The second kappa shape index (κ2) is 8.57. The van der Waals surface area contributed by atoms with E-state index in [1.807, 2.05) is 26.0 Å². The molecule has 0 saturated carbocycles. The SMILES string of the molecule is CC(C)OC(=O)c1c(NC(=O)CN2CCCc3ccccc32)sc2c1CCCC2. The summed E-state index contributed by atoms with van der Waals surface area (Å²) in [6.07, 6.45) is 5.96. The molecule has 154 valence electrons. The van der Waals surface area contributed by atoms with Crippen molar-refractivity contribution in [3.8, 4) is 0 Å². The third-order valence-corrected chi connectivity index (χ3v) is 6.72. The second-order valence-electron chi connectivity index (χ2n) is 8.07. The van der Waals surface area contributed by atoms with Gasteiger partial charge in [-0.3, -0.25) is 4.79 Å². The fraction of sp³-hybridized carbons (Fsp3) is 0.478. The molecule has 2 aliphatic rings. The zero-order valence-electron chi connectivity index (χ0n) is 17.1. The van der Waals surface area contributed by atoms with Crippen LogP contribution in [0, 0.1) is 0 Å². The summed E-state index contributed by atoms with van der Waals surface area (Å²) in [5.74, 6) is -0.406. The van der Waals surface area contributed by atoms with E-state index < -0.39 is 0 Å². The first kappa shape index (κ1) is 20.0. The largest absolute Gasteiger partial charge is 0.459 e. The lowest BCUT2D eigenvalue weighted by Crippen LogP contribution is -2.36. The average molecular weight is 413 g/mol. The minimum Gasteiger partial charge on any atom is -0.459 e. The highest BCUT2D eigenvalue weighted by atomic mass is 32.1. The minimum atomic E-state index is -0.321. The summed E-state index contributed by atoms with van der Waals surface area (Å²) in [6, 6.07) is 8.28. The van der Waals surface area contributed by atoms with Gasteiger partial charge in [-0.2, -0.15) is 0 Å². The Balaban J connectivity index is 1.54. The number of para-hydroxylation sites is 1. The van der Waals surface area contributed by atoms with Crippen molar-refractivity contribution in [3.05, 3.63) is 45.8 Å². The molecule has 0 unspecified atom stereocenters. The van der Waals surface area contributed by atoms with Crippen LogP contribution in [0.4, 0.5) is 10.7 Å². The van der Waals surface area contributed by atoms with Crippen molar-refractivity contribution in [2.24, 2.45) is 0 Å². The van der Waals surface area contributed by atoms with E-state index in [2.05, 4.69) is 22.3 Å². The molecule has 0 saturated heterocycles. The zero-order valence-corrected chi connectivity index (χ0v) is 17.9. The van der Waals surface area contributed by atoms with Gasteiger partial charge in [0.2, 0.25) is 5.91 Å². The predicted octanol–water partition coefficient (Wildman–Crippen LogP) is 4.58. The highest BCUT2D eigenvalue weighted by molar-refractivity contribution is 7.17. The zero-order chi connectivity index (χ0) is 20.4. The molecule has 5 nitrogen and oxygen atoms in total. The van der Waals surface area contributed by atoms with E-state index in [0.717, 1.165) is 56.3 Å². The quantitative estimate of drug-likeness (QED) is 0.730. The number of nitrogens with zero attached hydrogens (tertiary/aromatic N) is 1. The number of thiophene rings is 1. The number of esters is 1. The maximum Gasteiger partial charge on any atom is 0.341 e. The number of carbonyl (C=O) groups is 2. The molecule has 0 spiro atoms. The normalized spacial score (nSPS) is 15.6. The number of fused-ring (bicyclic) bond motifs is 2. The van der Waals surface area contributed by atoms with Crippen molar-refractivity contribution in [2.75, 3.05) is 23.3 Å². The summed E-state index contributed by atoms with van der Waals surface area (Å²) in [4.78, 5) is 29.0. The highest BCUT2D eigenvalue weighted by Crippen LogP contribution is 2.39. The van der Waals surface area contributed by atoms with Crippen LogP contribution in [-0.4, -0.2) is 31.1 Å². The summed E-state index contributed by atoms with van der Waals surface area (Å²) >= 11 is 1.54. The summed E-state index contributed by atoms with van der Waals surface area (Å²) in [5.41, 5.74) is 4.08. The number of nitrogens with one attached hydrogen (secondary N) is 1. The molecule has 2 heterocycles. The fourth-order valence-electron chi connectivity index (χ4n) is 4.26. The lowest BCUT2D eigenvalue weighted by molar-refractivity contribution is -0.115. The van der Waals surface area contributed by atoms with Crippen molar-refractivity contribution in [3.63, 3.8) is 0 Å². The molecule has 29 heavy (non-hydrogen) atoms. The van der Waals surface area contributed by atoms with E-state index in [1.165, 1.54) is 10.4 Å². The first-order valence-corrected chi connectivity index (χ1v) is 11.3. The Kier molecular flexibility index (Phi) is 5.90. The molecule has 4 rings (SSSR count). The summed E-state index contributed by atoms with van der Waals surface area (Å²) in [6.45, 7) is 4.86. The number of hydrogen-bond acceptors (Lipinski definition) is 5. The van der Waals surface area contributed by atoms with Gasteiger partial charge in [0.1, 0.15) is 5.00 Å². The number of anilines is 2. The Morgan fingerprint density at radius 2 is 1.93 bits per heavy atom. The van der Waals surface area contributed by atoms with Crippen LogP contribution in [0.1, 0.15) is 59.5 Å². The Bertz CT molecular complexity index is 919. The van der Waals surface area contributed by atoms with Gasteiger partial charge < -0.3 is 15.0 Å². The maximum absolute atomic E-state index is 12.9.